The highest BCUT2D eigenvalue weighted by atomic mass is 19.1. The van der Waals surface area contributed by atoms with Crippen LogP contribution in [0, 0.1) is 11.7 Å². The number of likely N-dealkylation sites (tertiary alicyclic amines) is 2. The van der Waals surface area contributed by atoms with E-state index in [1.54, 1.807) is 22.9 Å². The van der Waals surface area contributed by atoms with E-state index in [9.17, 15) is 18.8 Å². The molecule has 1 unspecified atom stereocenters. The second-order valence-corrected chi connectivity index (χ2v) is 5.94. The third kappa shape index (κ3) is 2.91. The van der Waals surface area contributed by atoms with E-state index in [2.05, 4.69) is 5.32 Å². The summed E-state index contributed by atoms with van der Waals surface area (Å²) in [5.74, 6) is -1.19. The molecular weight excluding hydrogens is 301 g/mol. The topological polar surface area (TPSA) is 69.7 Å². The Labute approximate surface area is 133 Å². The van der Waals surface area contributed by atoms with Crippen LogP contribution in [0.15, 0.2) is 24.3 Å². The third-order valence-corrected chi connectivity index (χ3v) is 4.44. The van der Waals surface area contributed by atoms with Gasteiger partial charge in [-0.1, -0.05) is 6.07 Å². The highest BCUT2D eigenvalue weighted by molar-refractivity contribution is 5.95. The Balaban J connectivity index is 1.58. The van der Waals surface area contributed by atoms with Crippen molar-refractivity contribution in [1.29, 1.82) is 0 Å². The number of rotatable bonds is 3. The van der Waals surface area contributed by atoms with Gasteiger partial charge in [-0.3, -0.25) is 14.4 Å². The van der Waals surface area contributed by atoms with Crippen LogP contribution in [0.1, 0.15) is 16.8 Å². The largest absolute Gasteiger partial charge is 0.359 e. The zero-order valence-corrected chi connectivity index (χ0v) is 12.8. The highest BCUT2D eigenvalue weighted by Gasteiger charge is 2.43. The number of hydrogen-bond donors (Lipinski definition) is 1. The van der Waals surface area contributed by atoms with Crippen molar-refractivity contribution in [1.82, 2.24) is 15.1 Å². The Bertz CT molecular complexity index is 658. The van der Waals surface area contributed by atoms with Crippen molar-refractivity contribution in [2.75, 3.05) is 26.7 Å². The maximum absolute atomic E-state index is 13.2. The van der Waals surface area contributed by atoms with Crippen molar-refractivity contribution < 1.29 is 18.8 Å². The molecule has 0 spiro atoms. The molecule has 6 nitrogen and oxygen atoms in total. The fraction of sp³-hybridized carbons (Fsp3) is 0.438. The van der Waals surface area contributed by atoms with Gasteiger partial charge < -0.3 is 15.1 Å². The zero-order chi connectivity index (χ0) is 16.6. The maximum Gasteiger partial charge on any atom is 0.254 e. The molecule has 2 aliphatic rings. The van der Waals surface area contributed by atoms with Gasteiger partial charge in [0, 0.05) is 38.7 Å². The number of carbonyl (C=O) groups is 3. The van der Waals surface area contributed by atoms with Crippen molar-refractivity contribution in [3.8, 4) is 0 Å². The Morgan fingerprint density at radius 2 is 2.00 bits per heavy atom. The number of hydrogen-bond acceptors (Lipinski definition) is 3. The molecule has 0 aliphatic carbocycles. The van der Waals surface area contributed by atoms with E-state index in [-0.39, 0.29) is 36.1 Å². The lowest BCUT2D eigenvalue weighted by molar-refractivity contribution is -0.132. The predicted octanol–water partition coefficient (Wildman–Crippen LogP) is 0.245. The van der Waals surface area contributed by atoms with Crippen LogP contribution in [-0.2, 0) is 9.59 Å². The molecule has 0 saturated carbocycles. The standard InChI is InChI=1S/C16H18FN3O3/c1-18-15(22)11-6-14(21)20(7-11)13-8-19(9-13)16(23)10-3-2-4-12(17)5-10/h2-5,11,13H,6-9H2,1H3,(H,18,22). The molecule has 2 saturated heterocycles. The van der Waals surface area contributed by atoms with Crippen LogP contribution in [-0.4, -0.2) is 60.2 Å². The average Bonchev–Trinajstić information content (AvgIpc) is 2.87. The summed E-state index contributed by atoms with van der Waals surface area (Å²) in [5.41, 5.74) is 0.305. The minimum atomic E-state index is -0.448. The molecule has 1 N–H and O–H groups in total. The lowest BCUT2D eigenvalue weighted by atomic mass is 10.0. The number of halogens is 1. The molecule has 2 heterocycles. The van der Waals surface area contributed by atoms with E-state index in [0.717, 1.165) is 0 Å². The smallest absolute Gasteiger partial charge is 0.254 e. The average molecular weight is 319 g/mol. The first kappa shape index (κ1) is 15.5. The molecule has 3 amide bonds. The summed E-state index contributed by atoms with van der Waals surface area (Å²) in [6.45, 7) is 1.23. The third-order valence-electron chi connectivity index (χ3n) is 4.44. The normalized spacial score (nSPS) is 21.3. The summed E-state index contributed by atoms with van der Waals surface area (Å²) in [6, 6.07) is 5.50. The minimum absolute atomic E-state index is 0.0542. The first-order valence-electron chi connectivity index (χ1n) is 7.55. The van der Waals surface area contributed by atoms with Gasteiger partial charge in [-0.05, 0) is 18.2 Å². The van der Waals surface area contributed by atoms with Crippen LogP contribution in [0.2, 0.25) is 0 Å². The molecule has 122 valence electrons. The van der Waals surface area contributed by atoms with Crippen molar-refractivity contribution in [2.45, 2.75) is 12.5 Å². The number of carbonyl (C=O) groups excluding carboxylic acids is 3. The summed E-state index contributed by atoms with van der Waals surface area (Å²) in [7, 11) is 1.55. The number of nitrogens with one attached hydrogen (secondary N) is 1. The second kappa shape index (κ2) is 5.98. The second-order valence-electron chi connectivity index (χ2n) is 5.94. The molecule has 1 aromatic carbocycles. The van der Waals surface area contributed by atoms with E-state index < -0.39 is 5.82 Å². The molecule has 1 atom stereocenters. The zero-order valence-electron chi connectivity index (χ0n) is 12.8. The van der Waals surface area contributed by atoms with Crippen molar-refractivity contribution in [2.24, 2.45) is 5.92 Å². The van der Waals surface area contributed by atoms with Gasteiger partial charge in [0.1, 0.15) is 5.82 Å². The Morgan fingerprint density at radius 1 is 1.26 bits per heavy atom. The van der Waals surface area contributed by atoms with E-state index in [4.69, 9.17) is 0 Å². The highest BCUT2D eigenvalue weighted by Crippen LogP contribution is 2.26. The van der Waals surface area contributed by atoms with Crippen LogP contribution in [0.5, 0.6) is 0 Å². The van der Waals surface area contributed by atoms with E-state index in [1.165, 1.54) is 18.2 Å². The van der Waals surface area contributed by atoms with Crippen LogP contribution in [0.3, 0.4) is 0 Å². The monoisotopic (exact) mass is 319 g/mol. The van der Waals surface area contributed by atoms with Gasteiger partial charge in [0.05, 0.1) is 12.0 Å². The number of amides is 3. The summed E-state index contributed by atoms with van der Waals surface area (Å²) in [4.78, 5) is 39.1. The van der Waals surface area contributed by atoms with Gasteiger partial charge in [0.25, 0.3) is 5.91 Å². The minimum Gasteiger partial charge on any atom is -0.359 e. The van der Waals surface area contributed by atoms with Gasteiger partial charge in [-0.2, -0.15) is 0 Å². The Hall–Kier alpha value is -2.44. The van der Waals surface area contributed by atoms with E-state index in [1.807, 2.05) is 0 Å². The van der Waals surface area contributed by atoms with E-state index in [0.29, 0.717) is 25.2 Å². The van der Waals surface area contributed by atoms with Crippen LogP contribution >= 0.6 is 0 Å². The lowest BCUT2D eigenvalue weighted by Crippen LogP contribution is -2.61. The van der Waals surface area contributed by atoms with Crippen molar-refractivity contribution >= 4 is 17.7 Å². The molecule has 2 aliphatic heterocycles. The van der Waals surface area contributed by atoms with Gasteiger partial charge in [0.2, 0.25) is 11.8 Å². The first-order valence-corrected chi connectivity index (χ1v) is 7.55. The van der Waals surface area contributed by atoms with Crippen LogP contribution in [0.25, 0.3) is 0 Å². The quantitative estimate of drug-likeness (QED) is 0.868. The SMILES string of the molecule is CNC(=O)C1CC(=O)N(C2CN(C(=O)c3cccc(F)c3)C2)C1. The molecule has 2 fully saturated rings. The molecule has 0 bridgehead atoms. The maximum atomic E-state index is 13.2. The Kier molecular flexibility index (Phi) is 4.02. The van der Waals surface area contributed by atoms with Crippen LogP contribution < -0.4 is 5.32 Å². The fourth-order valence-corrected chi connectivity index (χ4v) is 3.09. The molecule has 0 aromatic heterocycles. The Morgan fingerprint density at radius 3 is 2.65 bits per heavy atom. The summed E-state index contributed by atoms with van der Waals surface area (Å²) in [6.07, 6.45) is 0.216. The molecule has 0 radical (unpaired) electrons. The van der Waals surface area contributed by atoms with Crippen molar-refractivity contribution in [3.63, 3.8) is 0 Å². The first-order chi connectivity index (χ1) is 11.0. The fourth-order valence-electron chi connectivity index (χ4n) is 3.09. The molecule has 7 heteroatoms. The van der Waals surface area contributed by atoms with Crippen molar-refractivity contribution in [3.05, 3.63) is 35.6 Å². The lowest BCUT2D eigenvalue weighted by Gasteiger charge is -2.44. The number of nitrogens with zero attached hydrogens (tertiary/aromatic N) is 2. The summed E-state index contributed by atoms with van der Waals surface area (Å²) >= 11 is 0. The molecule has 23 heavy (non-hydrogen) atoms. The molecule has 3 rings (SSSR count). The van der Waals surface area contributed by atoms with Gasteiger partial charge in [0.15, 0.2) is 0 Å². The predicted molar refractivity (Wildman–Crippen MR) is 80.0 cm³/mol. The molecular formula is C16H18FN3O3. The van der Waals surface area contributed by atoms with Gasteiger partial charge in [-0.15, -0.1) is 0 Å². The summed E-state index contributed by atoms with van der Waals surface area (Å²) in [5, 5.41) is 2.56. The van der Waals surface area contributed by atoms with Crippen LogP contribution in [0.4, 0.5) is 4.39 Å². The molecule has 1 aromatic rings. The number of benzene rings is 1. The summed E-state index contributed by atoms with van der Waals surface area (Å²) < 4.78 is 13.2. The van der Waals surface area contributed by atoms with Gasteiger partial charge in [-0.25, -0.2) is 4.39 Å². The van der Waals surface area contributed by atoms with E-state index >= 15 is 0 Å². The van der Waals surface area contributed by atoms with Gasteiger partial charge >= 0.3 is 0 Å².